The Kier molecular flexibility index (Phi) is 55.8. The summed E-state index contributed by atoms with van der Waals surface area (Å²) in [6.07, 6.45) is 27.9. The number of unbranched alkanes of at least 4 members (excludes halogenated alkanes) is 17. The Morgan fingerprint density at radius 1 is 0.485 bits per heavy atom. The molecule has 0 saturated heterocycles. The van der Waals surface area contributed by atoms with Gasteiger partial charge in [-0.05, 0) is 104 Å². The Morgan fingerprint density at radius 2 is 0.990 bits per heavy atom. The fourth-order valence-corrected chi connectivity index (χ4v) is 11.2. The van der Waals surface area contributed by atoms with Crippen molar-refractivity contribution in [2.45, 2.75) is 272 Å². The van der Waals surface area contributed by atoms with Crippen molar-refractivity contribution in [2.24, 2.45) is 29.4 Å². The first kappa shape index (κ1) is 90.7. The maximum Gasteiger partial charge on any atom is 0.306 e. The average Bonchev–Trinajstić information content (AvgIpc) is 1.07. The monoisotopic (exact) mass is 1370 g/mol. The first-order chi connectivity index (χ1) is 46.1. The van der Waals surface area contributed by atoms with Crippen LogP contribution >= 0.6 is 0 Å². The van der Waals surface area contributed by atoms with Crippen LogP contribution in [0.3, 0.4) is 0 Å². The molecule has 1 aliphatic carbocycles. The number of carbonyl (C=O) groups is 12. The zero-order valence-electron chi connectivity index (χ0n) is 58.4. The van der Waals surface area contributed by atoms with Crippen LogP contribution in [0.1, 0.15) is 275 Å². The predicted octanol–water partition coefficient (Wildman–Crippen LogP) is 11.6. The molecule has 0 aliphatic heterocycles. The fraction of sp³-hybridized carbons (Fsp3) is 0.757. The van der Waals surface area contributed by atoms with Crippen molar-refractivity contribution in [1.29, 1.82) is 0 Å². The van der Waals surface area contributed by atoms with Gasteiger partial charge in [0.2, 0.25) is 23.6 Å². The summed E-state index contributed by atoms with van der Waals surface area (Å²) in [7, 11) is 0. The molecular formula is C74H124N4O19. The van der Waals surface area contributed by atoms with Crippen molar-refractivity contribution < 1.29 is 91.8 Å². The standard InChI is InChI=1S/C39H68N2O9.C34H52N2O10.CH4/c1-30(20-27-38(47)48)41-36(44)26-25-33(39(49)50)28-34(42)32-23-21-31(22-24-32)29-40-35(43)18-16-14-12-10-8-6-4-2-3-5-7-9-11-13-15-17-19-37(45)46;1-26-12-14-28(15-13-26)32(40)11-5-3-4-9-29(34(35)42)22-31(39)23-36-33(41)25-46-21-19-44-17-7-10-30(38)24-45-20-18-43-16-6-8-27(2)37;/h30-33H,2-29H2,1H3,(H,40,43)(H,41,44)(H,45,46)(H,47,48)(H,49,50);12-15,29H,3-11,16-25H2,1-2H3,(H2,35,42)(H,36,41);1H4. The Hall–Kier alpha value is -6.30. The molecule has 1 fully saturated rings. The highest BCUT2D eigenvalue weighted by atomic mass is 16.5. The summed E-state index contributed by atoms with van der Waals surface area (Å²) in [6.45, 7) is 7.34. The van der Waals surface area contributed by atoms with Crippen molar-refractivity contribution in [3.63, 3.8) is 0 Å². The number of carboxylic acid groups (broad SMARTS) is 3. The number of carboxylic acids is 3. The predicted molar refractivity (Wildman–Crippen MR) is 372 cm³/mol. The lowest BCUT2D eigenvalue weighted by Crippen LogP contribution is -2.35. The van der Waals surface area contributed by atoms with E-state index in [4.69, 9.17) is 34.9 Å². The maximum absolute atomic E-state index is 12.9. The number of ketones is 5. The van der Waals surface area contributed by atoms with E-state index in [1.807, 2.05) is 31.2 Å². The van der Waals surface area contributed by atoms with E-state index in [0.29, 0.717) is 128 Å². The number of aryl methyl sites for hydroxylation is 1. The van der Waals surface area contributed by atoms with Crippen LogP contribution in [0.4, 0.5) is 0 Å². The molecule has 1 saturated carbocycles. The summed E-state index contributed by atoms with van der Waals surface area (Å²) in [6, 6.07) is 7.13. The Bertz CT molecular complexity index is 2390. The van der Waals surface area contributed by atoms with Crippen LogP contribution in [0.15, 0.2) is 24.3 Å². The molecule has 0 bridgehead atoms. The number of aliphatic carboxylic acids is 3. The van der Waals surface area contributed by atoms with E-state index in [-0.39, 0.29) is 125 Å². The van der Waals surface area contributed by atoms with Crippen LogP contribution in [0.25, 0.3) is 0 Å². The molecule has 2 rings (SSSR count). The molecule has 0 aromatic heterocycles. The summed E-state index contributed by atoms with van der Waals surface area (Å²) in [5, 5.41) is 35.3. The number of benzene rings is 1. The second kappa shape index (κ2) is 59.7. The summed E-state index contributed by atoms with van der Waals surface area (Å²) in [4.78, 5) is 141. The number of nitrogens with one attached hydrogen (secondary N) is 3. The minimum absolute atomic E-state index is 0. The molecule has 23 heteroatoms. The minimum atomic E-state index is -1.09. The highest BCUT2D eigenvalue weighted by Crippen LogP contribution is 2.31. The van der Waals surface area contributed by atoms with Crippen LogP contribution in [-0.2, 0) is 71.7 Å². The van der Waals surface area contributed by atoms with Gasteiger partial charge >= 0.3 is 17.9 Å². The largest absolute Gasteiger partial charge is 0.481 e. The van der Waals surface area contributed by atoms with Gasteiger partial charge in [-0.1, -0.05) is 140 Å². The lowest BCUT2D eigenvalue weighted by Gasteiger charge is -2.28. The third kappa shape index (κ3) is 54.3. The van der Waals surface area contributed by atoms with Crippen molar-refractivity contribution in [2.75, 3.05) is 65.9 Å². The highest BCUT2D eigenvalue weighted by molar-refractivity contribution is 5.96. The van der Waals surface area contributed by atoms with Gasteiger partial charge in [0.15, 0.2) is 17.3 Å². The smallest absolute Gasteiger partial charge is 0.306 e. The van der Waals surface area contributed by atoms with E-state index >= 15 is 0 Å². The Morgan fingerprint density at radius 3 is 1.53 bits per heavy atom. The third-order valence-corrected chi connectivity index (χ3v) is 17.1. The number of hydrogen-bond acceptors (Lipinski definition) is 16. The molecule has 4 amide bonds. The number of primary amides is 1. The molecule has 3 unspecified atom stereocenters. The second-order valence-electron chi connectivity index (χ2n) is 26.0. The van der Waals surface area contributed by atoms with Gasteiger partial charge in [-0.25, -0.2) is 0 Å². The van der Waals surface area contributed by atoms with Crippen LogP contribution in [0, 0.1) is 30.6 Å². The SMILES string of the molecule is C.CC(=O)CCCOCCOCC(=O)CCCOCCOCC(=O)NCC(=O)CC(CCCCCC(=O)c1ccc(C)cc1)C(N)=O.CC(CCC(=O)O)NC(=O)CCC(CC(=O)C1CCC(CNC(=O)CCCCCCCCCCCCCCCCCCC(=O)O)CC1)C(=O)O. The van der Waals surface area contributed by atoms with Gasteiger partial charge in [-0.2, -0.15) is 0 Å². The summed E-state index contributed by atoms with van der Waals surface area (Å²) in [5.74, 6) is -5.59. The molecule has 23 nitrogen and oxygen atoms in total. The van der Waals surface area contributed by atoms with E-state index in [0.717, 1.165) is 56.9 Å². The zero-order valence-corrected chi connectivity index (χ0v) is 58.4. The van der Waals surface area contributed by atoms with Gasteiger partial charge < -0.3 is 60.7 Å². The maximum atomic E-state index is 12.9. The average molecular weight is 1370 g/mol. The number of Topliss-reactive ketones (excluding diaryl/α,β-unsaturated/α-hetero) is 5. The van der Waals surface area contributed by atoms with Crippen molar-refractivity contribution in [1.82, 2.24) is 16.0 Å². The van der Waals surface area contributed by atoms with Gasteiger partial charge in [0.05, 0.1) is 38.9 Å². The molecule has 8 N–H and O–H groups in total. The summed E-state index contributed by atoms with van der Waals surface area (Å²) in [5.41, 5.74) is 7.26. The Labute approximate surface area is 578 Å². The molecule has 0 heterocycles. The Balaban J connectivity index is 0.00000189. The highest BCUT2D eigenvalue weighted by Gasteiger charge is 2.31. The quantitative estimate of drug-likeness (QED) is 0.0235. The van der Waals surface area contributed by atoms with E-state index in [1.165, 1.54) is 70.6 Å². The molecule has 3 atom stereocenters. The van der Waals surface area contributed by atoms with Crippen molar-refractivity contribution in [3.8, 4) is 0 Å². The lowest BCUT2D eigenvalue weighted by atomic mass is 9.78. The van der Waals surface area contributed by atoms with Gasteiger partial charge in [0.1, 0.15) is 24.8 Å². The molecule has 0 radical (unpaired) electrons. The molecule has 0 spiro atoms. The summed E-state index contributed by atoms with van der Waals surface area (Å²) < 4.78 is 21.2. The van der Waals surface area contributed by atoms with E-state index in [2.05, 4.69) is 16.0 Å². The number of rotatable bonds is 62. The van der Waals surface area contributed by atoms with Gasteiger partial charge in [-0.3, -0.25) is 52.7 Å². The number of ether oxygens (including phenoxy) is 4. The molecular weight excluding hydrogens is 1250 g/mol. The third-order valence-electron chi connectivity index (χ3n) is 17.1. The van der Waals surface area contributed by atoms with Gasteiger partial charge in [-0.15, -0.1) is 0 Å². The number of amides is 4. The van der Waals surface area contributed by atoms with Crippen LogP contribution in [-0.4, -0.2) is 158 Å². The number of nitrogens with two attached hydrogens (primary N) is 1. The van der Waals surface area contributed by atoms with Crippen LogP contribution in [0.2, 0.25) is 0 Å². The van der Waals surface area contributed by atoms with Crippen LogP contribution in [0.5, 0.6) is 0 Å². The molecule has 1 aliphatic rings. The second-order valence-corrected chi connectivity index (χ2v) is 26.0. The van der Waals surface area contributed by atoms with Crippen molar-refractivity contribution in [3.05, 3.63) is 35.4 Å². The number of hydrogen-bond donors (Lipinski definition) is 7. The van der Waals surface area contributed by atoms with Crippen LogP contribution < -0.4 is 21.7 Å². The topological polar surface area (TPSA) is 365 Å². The lowest BCUT2D eigenvalue weighted by molar-refractivity contribution is -0.145. The van der Waals surface area contributed by atoms with E-state index in [9.17, 15) is 62.6 Å². The fourth-order valence-electron chi connectivity index (χ4n) is 11.2. The minimum Gasteiger partial charge on any atom is -0.481 e. The van der Waals surface area contributed by atoms with Crippen molar-refractivity contribution >= 4 is 70.5 Å². The summed E-state index contributed by atoms with van der Waals surface area (Å²) >= 11 is 0. The molecule has 97 heavy (non-hydrogen) atoms. The molecule has 554 valence electrons. The van der Waals surface area contributed by atoms with Gasteiger partial charge in [0, 0.05) is 101 Å². The van der Waals surface area contributed by atoms with Gasteiger partial charge in [0.25, 0.3) is 0 Å². The number of carbonyl (C=O) groups excluding carboxylic acids is 9. The van der Waals surface area contributed by atoms with E-state index < -0.39 is 41.6 Å². The normalized spacial score (nSPS) is 14.3. The van der Waals surface area contributed by atoms with E-state index in [1.54, 1.807) is 13.8 Å². The molecule has 1 aromatic rings. The molecule has 1 aromatic carbocycles. The first-order valence-corrected chi connectivity index (χ1v) is 35.8. The first-order valence-electron chi connectivity index (χ1n) is 35.8. The zero-order chi connectivity index (χ0) is 71.0.